The van der Waals surface area contributed by atoms with Gasteiger partial charge in [0.25, 0.3) is 5.91 Å². The molecule has 0 aromatic heterocycles. The van der Waals surface area contributed by atoms with Gasteiger partial charge in [0.2, 0.25) is 0 Å². The smallest absolute Gasteiger partial charge is 0.308 e. The minimum Gasteiger partial charge on any atom is -0.481 e. The number of carbonyl (C=O) groups excluding carboxylic acids is 2. The minimum atomic E-state index is -1.13. The van der Waals surface area contributed by atoms with Crippen LogP contribution in [0.15, 0.2) is 39.9 Å². The van der Waals surface area contributed by atoms with E-state index in [1.807, 2.05) is 6.26 Å². The Balaban J connectivity index is 1.97. The predicted molar refractivity (Wildman–Crippen MR) is 106 cm³/mol. The van der Waals surface area contributed by atoms with Gasteiger partial charge in [0.05, 0.1) is 12.5 Å². The maximum atomic E-state index is 13.2. The van der Waals surface area contributed by atoms with E-state index in [0.717, 1.165) is 17.3 Å². The Bertz CT molecular complexity index is 786. The van der Waals surface area contributed by atoms with E-state index >= 15 is 0 Å². The number of rotatable bonds is 7. The summed E-state index contributed by atoms with van der Waals surface area (Å²) >= 11 is 4.70. The Kier molecular flexibility index (Phi) is 6.39. The van der Waals surface area contributed by atoms with Crippen molar-refractivity contribution < 1.29 is 24.2 Å². The van der Waals surface area contributed by atoms with Crippen LogP contribution in [0, 0.1) is 0 Å². The number of halogens is 1. The van der Waals surface area contributed by atoms with Crippen molar-refractivity contribution in [3.05, 3.63) is 45.4 Å². The molecule has 1 amide bonds. The lowest BCUT2D eigenvalue weighted by Crippen LogP contribution is -2.40. The molecule has 1 aromatic carbocycles. The number of benzene rings is 1. The summed E-state index contributed by atoms with van der Waals surface area (Å²) in [6.07, 6.45) is 3.08. The number of carbonyl (C=O) groups is 3. The van der Waals surface area contributed by atoms with Crippen molar-refractivity contribution in [2.75, 3.05) is 19.4 Å². The van der Waals surface area contributed by atoms with Gasteiger partial charge in [-0.05, 0) is 43.4 Å². The van der Waals surface area contributed by atoms with Crippen LogP contribution in [-0.4, -0.2) is 58.6 Å². The standard InChI is InChI=1S/C19H20BrNO5S/c1-27-19-16(17(24)11-4-6-12(20)7-5-11)14(9-15(22)23)18(25)21(19)10-13-3-2-8-26-13/h4-7,13,19H,2-3,8-10H2,1H3,(H,22,23)/t13-,19-/m0/s1. The molecule has 0 saturated carbocycles. The predicted octanol–water partition coefficient (Wildman–Crippen LogP) is 3.11. The molecule has 0 bridgehead atoms. The molecule has 1 fully saturated rings. The van der Waals surface area contributed by atoms with Gasteiger partial charge in [-0.15, -0.1) is 11.8 Å². The summed E-state index contributed by atoms with van der Waals surface area (Å²) in [5, 5.41) is 8.77. The van der Waals surface area contributed by atoms with Gasteiger partial charge in [-0.25, -0.2) is 0 Å². The third kappa shape index (κ3) is 4.28. The van der Waals surface area contributed by atoms with Crippen LogP contribution in [0.5, 0.6) is 0 Å². The molecule has 2 aliphatic heterocycles. The van der Waals surface area contributed by atoms with Crippen LogP contribution in [0.3, 0.4) is 0 Å². The molecule has 6 nitrogen and oxygen atoms in total. The zero-order valence-electron chi connectivity index (χ0n) is 14.8. The minimum absolute atomic E-state index is 0.0724. The Labute approximate surface area is 170 Å². The zero-order chi connectivity index (χ0) is 19.6. The Morgan fingerprint density at radius 3 is 2.59 bits per heavy atom. The first-order valence-electron chi connectivity index (χ1n) is 8.62. The SMILES string of the molecule is CS[C@H]1C(C(=O)c2ccc(Br)cc2)=C(CC(=O)O)C(=O)N1C[C@@H]1CCCO1. The molecule has 3 rings (SSSR count). The molecule has 8 heteroatoms. The van der Waals surface area contributed by atoms with E-state index in [9.17, 15) is 19.5 Å². The molecule has 2 atom stereocenters. The van der Waals surface area contributed by atoms with Crippen LogP contribution in [0.4, 0.5) is 0 Å². The average Bonchev–Trinajstić information content (AvgIpc) is 3.23. The first-order chi connectivity index (χ1) is 12.9. The van der Waals surface area contributed by atoms with E-state index < -0.39 is 17.8 Å². The molecule has 144 valence electrons. The topological polar surface area (TPSA) is 83.9 Å². The number of hydrogen-bond donors (Lipinski definition) is 1. The first kappa shape index (κ1) is 20.1. The van der Waals surface area contributed by atoms with E-state index in [-0.39, 0.29) is 28.9 Å². The Morgan fingerprint density at radius 1 is 1.33 bits per heavy atom. The maximum absolute atomic E-state index is 13.2. The van der Waals surface area contributed by atoms with Crippen LogP contribution < -0.4 is 0 Å². The van der Waals surface area contributed by atoms with E-state index in [4.69, 9.17) is 4.74 Å². The molecule has 1 N–H and O–H groups in total. The van der Waals surface area contributed by atoms with Gasteiger partial charge in [-0.2, -0.15) is 0 Å². The molecule has 27 heavy (non-hydrogen) atoms. The second kappa shape index (κ2) is 8.58. The molecular formula is C19H20BrNO5S. The van der Waals surface area contributed by atoms with Gasteiger partial charge < -0.3 is 14.7 Å². The fourth-order valence-corrected chi connectivity index (χ4v) is 4.65. The number of carboxylic acid groups (broad SMARTS) is 1. The van der Waals surface area contributed by atoms with Gasteiger partial charge >= 0.3 is 5.97 Å². The number of amides is 1. The van der Waals surface area contributed by atoms with E-state index in [2.05, 4.69) is 15.9 Å². The number of Topliss-reactive ketones (excluding diaryl/α,β-unsaturated/α-hetero) is 1. The highest BCUT2D eigenvalue weighted by Crippen LogP contribution is 2.37. The van der Waals surface area contributed by atoms with Crippen molar-refractivity contribution in [1.82, 2.24) is 4.90 Å². The summed E-state index contributed by atoms with van der Waals surface area (Å²) in [6, 6.07) is 6.84. The molecule has 1 aromatic rings. The lowest BCUT2D eigenvalue weighted by atomic mass is 9.98. The second-order valence-corrected chi connectivity index (χ2v) is 8.31. The molecule has 0 unspecified atom stereocenters. The zero-order valence-corrected chi connectivity index (χ0v) is 17.2. The van der Waals surface area contributed by atoms with Crippen molar-refractivity contribution in [3.8, 4) is 0 Å². The van der Waals surface area contributed by atoms with Crippen LogP contribution in [-0.2, 0) is 14.3 Å². The fraction of sp³-hybridized carbons (Fsp3) is 0.421. The fourth-order valence-electron chi connectivity index (χ4n) is 3.46. The second-order valence-electron chi connectivity index (χ2n) is 6.48. The molecule has 0 spiro atoms. The number of ketones is 1. The highest BCUT2D eigenvalue weighted by atomic mass is 79.9. The van der Waals surface area contributed by atoms with E-state index in [1.165, 1.54) is 11.8 Å². The summed E-state index contributed by atoms with van der Waals surface area (Å²) < 4.78 is 6.47. The van der Waals surface area contributed by atoms with Crippen LogP contribution in [0.1, 0.15) is 29.6 Å². The van der Waals surface area contributed by atoms with Gasteiger partial charge in [-0.3, -0.25) is 14.4 Å². The average molecular weight is 454 g/mol. The number of aliphatic carboxylic acids is 1. The quantitative estimate of drug-likeness (QED) is 0.638. The lowest BCUT2D eigenvalue weighted by Gasteiger charge is -2.27. The van der Waals surface area contributed by atoms with Crippen molar-refractivity contribution in [2.24, 2.45) is 0 Å². The van der Waals surface area contributed by atoms with Crippen LogP contribution >= 0.6 is 27.7 Å². The van der Waals surface area contributed by atoms with E-state index in [0.29, 0.717) is 18.7 Å². The molecule has 0 aliphatic carbocycles. The van der Waals surface area contributed by atoms with Gasteiger partial charge in [0, 0.05) is 34.3 Å². The van der Waals surface area contributed by atoms with Gasteiger partial charge in [0.1, 0.15) is 5.37 Å². The Morgan fingerprint density at radius 2 is 2.04 bits per heavy atom. The number of ether oxygens (including phenoxy) is 1. The first-order valence-corrected chi connectivity index (χ1v) is 10.7. The molecular weight excluding hydrogens is 434 g/mol. The molecule has 2 aliphatic rings. The molecule has 2 heterocycles. The summed E-state index contributed by atoms with van der Waals surface area (Å²) in [6.45, 7) is 1.03. The van der Waals surface area contributed by atoms with Crippen LogP contribution in [0.25, 0.3) is 0 Å². The highest BCUT2D eigenvalue weighted by molar-refractivity contribution is 9.10. The number of thioether (sulfide) groups is 1. The monoisotopic (exact) mass is 453 g/mol. The Hall–Kier alpha value is -1.64. The molecule has 0 radical (unpaired) electrons. The molecule has 1 saturated heterocycles. The largest absolute Gasteiger partial charge is 0.481 e. The van der Waals surface area contributed by atoms with Crippen LogP contribution in [0.2, 0.25) is 0 Å². The highest BCUT2D eigenvalue weighted by Gasteiger charge is 2.43. The van der Waals surface area contributed by atoms with Gasteiger partial charge in [-0.1, -0.05) is 15.9 Å². The lowest BCUT2D eigenvalue weighted by molar-refractivity contribution is -0.137. The summed E-state index contributed by atoms with van der Waals surface area (Å²) in [5.41, 5.74) is 0.782. The van der Waals surface area contributed by atoms with Crippen molar-refractivity contribution in [1.29, 1.82) is 0 Å². The van der Waals surface area contributed by atoms with Crippen molar-refractivity contribution in [3.63, 3.8) is 0 Å². The number of carboxylic acids is 1. The maximum Gasteiger partial charge on any atom is 0.308 e. The summed E-state index contributed by atoms with van der Waals surface area (Å²) in [5.74, 6) is -1.81. The third-order valence-electron chi connectivity index (χ3n) is 4.70. The van der Waals surface area contributed by atoms with Crippen molar-refractivity contribution in [2.45, 2.75) is 30.7 Å². The number of hydrogen-bond acceptors (Lipinski definition) is 5. The van der Waals surface area contributed by atoms with Crippen molar-refractivity contribution >= 4 is 45.4 Å². The number of nitrogens with zero attached hydrogens (tertiary/aromatic N) is 1. The summed E-state index contributed by atoms with van der Waals surface area (Å²) in [4.78, 5) is 39.1. The third-order valence-corrected chi connectivity index (χ3v) is 6.17. The normalized spacial score (nSPS) is 22.6. The van der Waals surface area contributed by atoms with Gasteiger partial charge in [0.15, 0.2) is 5.78 Å². The summed E-state index contributed by atoms with van der Waals surface area (Å²) in [7, 11) is 0. The van der Waals surface area contributed by atoms with E-state index in [1.54, 1.807) is 29.2 Å².